The number of benzene rings is 1. The number of pyridine rings is 2. The quantitative estimate of drug-likeness (QED) is 0.582. The maximum atomic E-state index is 13.6. The van der Waals surface area contributed by atoms with E-state index in [1.165, 1.54) is 5.56 Å². The van der Waals surface area contributed by atoms with Gasteiger partial charge in [0.05, 0.1) is 12.6 Å². The molecule has 0 fully saturated rings. The molecule has 0 spiro atoms. The van der Waals surface area contributed by atoms with Crippen molar-refractivity contribution < 1.29 is 14.6 Å². The number of carbonyl (C=O) groups excluding carboxylic acids is 1. The second-order valence-corrected chi connectivity index (χ2v) is 9.12. The third kappa shape index (κ3) is 5.43. The highest BCUT2D eigenvalue weighted by Gasteiger charge is 2.34. The molecule has 1 amide bonds. The molecule has 1 aliphatic heterocycles. The van der Waals surface area contributed by atoms with Crippen LogP contribution in [0.25, 0.3) is 11.1 Å². The lowest BCUT2D eigenvalue weighted by Crippen LogP contribution is -2.49. The second kappa shape index (κ2) is 10.8. The maximum absolute atomic E-state index is 13.6. The second-order valence-electron chi connectivity index (χ2n) is 9.12. The van der Waals surface area contributed by atoms with Gasteiger partial charge in [-0.15, -0.1) is 0 Å². The van der Waals surface area contributed by atoms with Crippen molar-refractivity contribution >= 4 is 5.91 Å². The molecule has 3 aromatic rings. The Hall–Kier alpha value is -3.29. The summed E-state index contributed by atoms with van der Waals surface area (Å²) in [5, 5.41) is 9.85. The zero-order valence-corrected chi connectivity index (χ0v) is 20.0. The zero-order chi connectivity index (χ0) is 24.1. The van der Waals surface area contributed by atoms with E-state index < -0.39 is 0 Å². The lowest BCUT2D eigenvalue weighted by Gasteiger charge is -2.37. The maximum Gasteiger partial charge on any atom is 0.259 e. The molecule has 0 bridgehead atoms. The minimum absolute atomic E-state index is 0.0455. The number of aromatic nitrogens is 2. The fourth-order valence-electron chi connectivity index (χ4n) is 4.28. The monoisotopic (exact) mass is 460 g/mol. The molecule has 0 radical (unpaired) electrons. The average molecular weight is 461 g/mol. The van der Waals surface area contributed by atoms with Crippen LogP contribution in [-0.4, -0.2) is 69.7 Å². The van der Waals surface area contributed by atoms with Crippen LogP contribution in [-0.2, 0) is 6.54 Å². The van der Waals surface area contributed by atoms with Gasteiger partial charge < -0.3 is 14.7 Å². The molecule has 0 unspecified atom stereocenters. The van der Waals surface area contributed by atoms with E-state index in [4.69, 9.17) is 4.74 Å². The van der Waals surface area contributed by atoms with Gasteiger partial charge in [0, 0.05) is 55.3 Å². The minimum atomic E-state index is -0.314. The van der Waals surface area contributed by atoms with Crippen LogP contribution in [0.4, 0.5) is 0 Å². The molecule has 0 saturated carbocycles. The summed E-state index contributed by atoms with van der Waals surface area (Å²) in [6.45, 7) is 5.80. The standard InChI is InChI=1S/C27H32N4O3/c1-19-15-31(20(2)18-32)27(33)24-12-23(22-10-7-11-28-13-22)14-29-26(24)34-25(19)17-30(3)16-21-8-5-4-6-9-21/h4-14,19-20,25,32H,15-18H2,1-3H3/t19-,20+,25+/m0/s1. The summed E-state index contributed by atoms with van der Waals surface area (Å²) >= 11 is 0. The van der Waals surface area contributed by atoms with Crippen molar-refractivity contribution in [1.82, 2.24) is 19.8 Å². The van der Waals surface area contributed by atoms with Crippen molar-refractivity contribution in [2.24, 2.45) is 5.92 Å². The molecule has 178 valence electrons. The molecule has 7 heteroatoms. The molecule has 7 nitrogen and oxygen atoms in total. The Morgan fingerprint density at radius 2 is 1.97 bits per heavy atom. The lowest BCUT2D eigenvalue weighted by molar-refractivity contribution is 0.0325. The van der Waals surface area contributed by atoms with Crippen molar-refractivity contribution in [3.63, 3.8) is 0 Å². The number of hydrogen-bond donors (Lipinski definition) is 1. The number of aliphatic hydroxyl groups excluding tert-OH is 1. The van der Waals surface area contributed by atoms with Crippen LogP contribution in [0.3, 0.4) is 0 Å². The van der Waals surface area contributed by atoms with Gasteiger partial charge >= 0.3 is 0 Å². The number of rotatable bonds is 7. The topological polar surface area (TPSA) is 78.8 Å². The van der Waals surface area contributed by atoms with Gasteiger partial charge in [0.15, 0.2) is 0 Å². The lowest BCUT2D eigenvalue weighted by atomic mass is 9.99. The van der Waals surface area contributed by atoms with Gasteiger partial charge in [0.2, 0.25) is 5.88 Å². The first-order valence-electron chi connectivity index (χ1n) is 11.7. The largest absolute Gasteiger partial charge is 0.472 e. The van der Waals surface area contributed by atoms with Crippen LogP contribution in [0.5, 0.6) is 5.88 Å². The van der Waals surface area contributed by atoms with E-state index in [-0.39, 0.29) is 30.6 Å². The Labute approximate surface area is 201 Å². The van der Waals surface area contributed by atoms with E-state index in [2.05, 4.69) is 41.0 Å². The molecule has 0 saturated heterocycles. The molecular weight excluding hydrogens is 428 g/mol. The van der Waals surface area contributed by atoms with E-state index in [0.717, 1.165) is 17.7 Å². The van der Waals surface area contributed by atoms with Crippen LogP contribution in [0.1, 0.15) is 29.8 Å². The first kappa shape index (κ1) is 23.9. The number of ether oxygens (including phenoxy) is 1. The molecule has 4 rings (SSSR count). The van der Waals surface area contributed by atoms with Gasteiger partial charge in [-0.25, -0.2) is 4.98 Å². The third-order valence-corrected chi connectivity index (χ3v) is 6.30. The van der Waals surface area contributed by atoms with E-state index in [1.54, 1.807) is 23.5 Å². The van der Waals surface area contributed by atoms with E-state index in [1.807, 2.05) is 43.3 Å². The molecule has 3 atom stereocenters. The van der Waals surface area contributed by atoms with Crippen LogP contribution >= 0.6 is 0 Å². The smallest absolute Gasteiger partial charge is 0.259 e. The molecule has 1 aromatic carbocycles. The number of carbonyl (C=O) groups is 1. The van der Waals surface area contributed by atoms with Gasteiger partial charge in [-0.2, -0.15) is 0 Å². The molecule has 0 aliphatic carbocycles. The molecule has 3 heterocycles. The summed E-state index contributed by atoms with van der Waals surface area (Å²) in [4.78, 5) is 26.3. The molecule has 1 N–H and O–H groups in total. The third-order valence-electron chi connectivity index (χ3n) is 6.30. The van der Waals surface area contributed by atoms with Crippen molar-refractivity contribution in [3.8, 4) is 17.0 Å². The fraction of sp³-hybridized carbons (Fsp3) is 0.370. The van der Waals surface area contributed by atoms with Crippen molar-refractivity contribution in [2.75, 3.05) is 26.7 Å². The summed E-state index contributed by atoms with van der Waals surface area (Å²) in [5.74, 6) is 0.194. The van der Waals surface area contributed by atoms with Crippen LogP contribution in [0.15, 0.2) is 67.1 Å². The van der Waals surface area contributed by atoms with Gasteiger partial charge in [-0.05, 0) is 31.7 Å². The molecule has 34 heavy (non-hydrogen) atoms. The van der Waals surface area contributed by atoms with Gasteiger partial charge in [-0.3, -0.25) is 14.7 Å². The van der Waals surface area contributed by atoms with Gasteiger partial charge in [0.25, 0.3) is 5.91 Å². The van der Waals surface area contributed by atoms with E-state index in [9.17, 15) is 9.90 Å². The van der Waals surface area contributed by atoms with Crippen LogP contribution in [0, 0.1) is 5.92 Å². The summed E-state index contributed by atoms with van der Waals surface area (Å²) < 4.78 is 6.40. The van der Waals surface area contributed by atoms with Crippen molar-refractivity contribution in [1.29, 1.82) is 0 Å². The molecular formula is C27H32N4O3. The Balaban J connectivity index is 1.65. The Bertz CT molecular complexity index is 1090. The van der Waals surface area contributed by atoms with Crippen LogP contribution in [0.2, 0.25) is 0 Å². The number of likely N-dealkylation sites (N-methyl/N-ethyl adjacent to an activating group) is 1. The van der Waals surface area contributed by atoms with E-state index >= 15 is 0 Å². The first-order valence-corrected chi connectivity index (χ1v) is 11.7. The predicted molar refractivity (Wildman–Crippen MR) is 131 cm³/mol. The molecule has 2 aromatic heterocycles. The Morgan fingerprint density at radius 1 is 1.18 bits per heavy atom. The van der Waals surface area contributed by atoms with Gasteiger partial charge in [0.1, 0.15) is 11.7 Å². The number of nitrogens with zero attached hydrogens (tertiary/aromatic N) is 4. The first-order chi connectivity index (χ1) is 16.5. The Kier molecular flexibility index (Phi) is 7.55. The number of aliphatic hydroxyl groups is 1. The zero-order valence-electron chi connectivity index (χ0n) is 20.0. The SMILES string of the molecule is C[C@H](CO)N1C[C@H](C)[C@@H](CN(C)Cc2ccccc2)Oc2ncc(-c3cccnc3)cc2C1=O. The average Bonchev–Trinajstić information content (AvgIpc) is 2.86. The highest BCUT2D eigenvalue weighted by atomic mass is 16.5. The summed E-state index contributed by atoms with van der Waals surface area (Å²) in [6, 6.07) is 15.6. The Morgan fingerprint density at radius 3 is 2.68 bits per heavy atom. The summed E-state index contributed by atoms with van der Waals surface area (Å²) in [6.07, 6.45) is 5.00. The predicted octanol–water partition coefficient (Wildman–Crippen LogP) is 3.50. The van der Waals surface area contributed by atoms with Gasteiger partial charge in [-0.1, -0.05) is 43.3 Å². The van der Waals surface area contributed by atoms with Crippen LogP contribution < -0.4 is 4.74 Å². The molecule has 1 aliphatic rings. The number of amides is 1. The van der Waals surface area contributed by atoms with E-state index in [0.29, 0.717) is 24.5 Å². The fourth-order valence-corrected chi connectivity index (χ4v) is 4.28. The van der Waals surface area contributed by atoms with Crippen molar-refractivity contribution in [2.45, 2.75) is 32.5 Å². The number of fused-ring (bicyclic) bond motifs is 1. The highest BCUT2D eigenvalue weighted by molar-refractivity contribution is 5.98. The minimum Gasteiger partial charge on any atom is -0.472 e. The van der Waals surface area contributed by atoms with Crippen molar-refractivity contribution in [3.05, 3.63) is 78.2 Å². The normalized spacial score (nSPS) is 19.2. The number of hydrogen-bond acceptors (Lipinski definition) is 6. The highest BCUT2D eigenvalue weighted by Crippen LogP contribution is 2.30. The summed E-state index contributed by atoms with van der Waals surface area (Å²) in [7, 11) is 2.07. The summed E-state index contributed by atoms with van der Waals surface area (Å²) in [5.41, 5.74) is 3.31.